The van der Waals surface area contributed by atoms with E-state index in [1.54, 1.807) is 0 Å². The van der Waals surface area contributed by atoms with Gasteiger partial charge in [0.05, 0.1) is 6.61 Å². The van der Waals surface area contributed by atoms with Crippen molar-refractivity contribution in [2.24, 2.45) is 0 Å². The number of rotatable bonds is 4. The van der Waals surface area contributed by atoms with E-state index in [1.165, 1.54) is 5.56 Å². The zero-order valence-electron chi connectivity index (χ0n) is 11.6. The minimum absolute atomic E-state index is 0.0415. The highest BCUT2D eigenvalue weighted by Gasteiger charge is 2.21. The molecule has 1 saturated heterocycles. The normalized spacial score (nSPS) is 19.4. The number of morpholine rings is 1. The summed E-state index contributed by atoms with van der Waals surface area (Å²) in [6, 6.07) is 8.36. The third-order valence-electron chi connectivity index (χ3n) is 3.33. The molecule has 1 aliphatic heterocycles. The highest BCUT2D eigenvalue weighted by molar-refractivity contribution is 5.81. The summed E-state index contributed by atoms with van der Waals surface area (Å²) >= 11 is 0. The molecule has 1 heterocycles. The molecule has 0 spiro atoms. The molecule has 1 aliphatic rings. The number of carbonyl (C=O) groups excluding carboxylic acids is 1. The van der Waals surface area contributed by atoms with Crippen molar-refractivity contribution >= 4 is 5.91 Å². The Hall–Kier alpha value is -1.39. The Balaban J connectivity index is 1.82. The summed E-state index contributed by atoms with van der Waals surface area (Å²) in [6.45, 7) is 6.91. The Morgan fingerprint density at radius 2 is 2.16 bits per heavy atom. The van der Waals surface area contributed by atoms with Crippen LogP contribution in [-0.2, 0) is 16.1 Å². The first-order chi connectivity index (χ1) is 9.16. The van der Waals surface area contributed by atoms with Gasteiger partial charge in [0.15, 0.2) is 0 Å². The van der Waals surface area contributed by atoms with Crippen LogP contribution in [0.15, 0.2) is 24.3 Å². The van der Waals surface area contributed by atoms with Crippen LogP contribution in [0.2, 0.25) is 0 Å². The van der Waals surface area contributed by atoms with Crippen LogP contribution in [0.5, 0.6) is 0 Å². The van der Waals surface area contributed by atoms with Crippen molar-refractivity contribution in [3.8, 4) is 0 Å². The summed E-state index contributed by atoms with van der Waals surface area (Å²) in [6.07, 6.45) is -0.358. The smallest absolute Gasteiger partial charge is 0.250 e. The molecule has 1 fully saturated rings. The third kappa shape index (κ3) is 4.04. The fourth-order valence-corrected chi connectivity index (χ4v) is 2.06. The largest absolute Gasteiger partial charge is 0.366 e. The van der Waals surface area contributed by atoms with Crippen molar-refractivity contribution < 1.29 is 9.53 Å². The van der Waals surface area contributed by atoms with E-state index >= 15 is 0 Å². The number of hydrogen-bond donors (Lipinski definition) is 2. The van der Waals surface area contributed by atoms with Crippen LogP contribution in [-0.4, -0.2) is 31.7 Å². The van der Waals surface area contributed by atoms with Crippen LogP contribution in [0.25, 0.3) is 0 Å². The predicted octanol–water partition coefficient (Wildman–Crippen LogP) is 1.41. The van der Waals surface area contributed by atoms with E-state index in [0.717, 1.165) is 12.1 Å². The Kier molecular flexibility index (Phi) is 4.93. The molecule has 19 heavy (non-hydrogen) atoms. The highest BCUT2D eigenvalue weighted by Crippen LogP contribution is 2.14. The van der Waals surface area contributed by atoms with Crippen LogP contribution in [0.4, 0.5) is 0 Å². The number of ether oxygens (including phenoxy) is 1. The van der Waals surface area contributed by atoms with E-state index < -0.39 is 0 Å². The van der Waals surface area contributed by atoms with Gasteiger partial charge in [0, 0.05) is 19.6 Å². The van der Waals surface area contributed by atoms with Gasteiger partial charge in [-0.25, -0.2) is 0 Å². The lowest BCUT2D eigenvalue weighted by atomic mass is 10.0. The molecule has 0 radical (unpaired) electrons. The van der Waals surface area contributed by atoms with Crippen LogP contribution < -0.4 is 10.6 Å². The summed E-state index contributed by atoms with van der Waals surface area (Å²) in [5.41, 5.74) is 2.43. The summed E-state index contributed by atoms with van der Waals surface area (Å²) in [5, 5.41) is 6.06. The summed E-state index contributed by atoms with van der Waals surface area (Å²) < 4.78 is 5.40. The summed E-state index contributed by atoms with van der Waals surface area (Å²) in [7, 11) is 0. The van der Waals surface area contributed by atoms with Crippen molar-refractivity contribution in [1.82, 2.24) is 10.6 Å². The van der Waals surface area contributed by atoms with Gasteiger partial charge in [-0.15, -0.1) is 0 Å². The molecule has 1 aromatic rings. The van der Waals surface area contributed by atoms with Crippen molar-refractivity contribution in [2.45, 2.75) is 32.4 Å². The molecule has 4 heteroatoms. The molecular weight excluding hydrogens is 240 g/mol. The lowest BCUT2D eigenvalue weighted by molar-refractivity contribution is -0.134. The second-order valence-electron chi connectivity index (χ2n) is 5.18. The van der Waals surface area contributed by atoms with E-state index in [9.17, 15) is 4.79 Å². The lowest BCUT2D eigenvalue weighted by Crippen LogP contribution is -2.47. The van der Waals surface area contributed by atoms with Crippen molar-refractivity contribution in [2.75, 3.05) is 19.7 Å². The SMILES string of the molecule is CC(C)c1ccc(CNC(=O)C2CNCCO2)cc1. The van der Waals surface area contributed by atoms with Gasteiger partial charge in [-0.05, 0) is 17.0 Å². The number of amides is 1. The third-order valence-corrected chi connectivity index (χ3v) is 3.33. The minimum atomic E-state index is -0.358. The first kappa shape index (κ1) is 14.0. The molecule has 1 unspecified atom stereocenters. The van der Waals surface area contributed by atoms with Gasteiger partial charge in [0.25, 0.3) is 5.91 Å². The van der Waals surface area contributed by atoms with E-state index in [2.05, 4.69) is 48.7 Å². The molecular formula is C15H22N2O2. The van der Waals surface area contributed by atoms with E-state index in [4.69, 9.17) is 4.74 Å². The van der Waals surface area contributed by atoms with Crippen molar-refractivity contribution in [1.29, 1.82) is 0 Å². The maximum atomic E-state index is 11.9. The number of nitrogens with one attached hydrogen (secondary N) is 2. The molecule has 0 bridgehead atoms. The highest BCUT2D eigenvalue weighted by atomic mass is 16.5. The predicted molar refractivity (Wildman–Crippen MR) is 75.0 cm³/mol. The first-order valence-corrected chi connectivity index (χ1v) is 6.85. The average molecular weight is 262 g/mol. The molecule has 2 rings (SSSR count). The Morgan fingerprint density at radius 3 is 2.74 bits per heavy atom. The minimum Gasteiger partial charge on any atom is -0.366 e. The molecule has 104 valence electrons. The molecule has 0 saturated carbocycles. The fourth-order valence-electron chi connectivity index (χ4n) is 2.06. The lowest BCUT2D eigenvalue weighted by Gasteiger charge is -2.22. The molecule has 1 amide bonds. The molecule has 2 N–H and O–H groups in total. The van der Waals surface area contributed by atoms with Crippen LogP contribution >= 0.6 is 0 Å². The second kappa shape index (κ2) is 6.68. The standard InChI is InChI=1S/C15H22N2O2/c1-11(2)13-5-3-12(4-6-13)9-17-15(18)14-10-16-7-8-19-14/h3-6,11,14,16H,7-10H2,1-2H3,(H,17,18). The van der Waals surface area contributed by atoms with Crippen molar-refractivity contribution in [3.05, 3.63) is 35.4 Å². The zero-order valence-corrected chi connectivity index (χ0v) is 11.6. The maximum absolute atomic E-state index is 11.9. The molecule has 4 nitrogen and oxygen atoms in total. The van der Waals surface area contributed by atoms with E-state index in [0.29, 0.717) is 25.6 Å². The summed E-state index contributed by atoms with van der Waals surface area (Å²) in [4.78, 5) is 11.9. The Morgan fingerprint density at radius 1 is 1.42 bits per heavy atom. The van der Waals surface area contributed by atoms with Crippen molar-refractivity contribution in [3.63, 3.8) is 0 Å². The van der Waals surface area contributed by atoms with Gasteiger partial charge in [0.1, 0.15) is 6.10 Å². The number of benzene rings is 1. The first-order valence-electron chi connectivity index (χ1n) is 6.85. The zero-order chi connectivity index (χ0) is 13.7. The Bertz CT molecular complexity index is 409. The fraction of sp³-hybridized carbons (Fsp3) is 0.533. The Labute approximate surface area is 114 Å². The van der Waals surface area contributed by atoms with Gasteiger partial charge < -0.3 is 15.4 Å². The number of carbonyl (C=O) groups is 1. The summed E-state index contributed by atoms with van der Waals surface area (Å²) in [5.74, 6) is 0.491. The van der Waals surface area contributed by atoms with Crippen LogP contribution in [0.3, 0.4) is 0 Å². The van der Waals surface area contributed by atoms with Gasteiger partial charge in [-0.2, -0.15) is 0 Å². The maximum Gasteiger partial charge on any atom is 0.250 e. The molecule has 0 aliphatic carbocycles. The monoisotopic (exact) mass is 262 g/mol. The van der Waals surface area contributed by atoms with Gasteiger partial charge in [0.2, 0.25) is 0 Å². The average Bonchev–Trinajstić information content (AvgIpc) is 2.46. The topological polar surface area (TPSA) is 50.4 Å². The van der Waals surface area contributed by atoms with Gasteiger partial charge >= 0.3 is 0 Å². The molecule has 1 atom stereocenters. The van der Waals surface area contributed by atoms with Gasteiger partial charge in [-0.1, -0.05) is 38.1 Å². The molecule has 0 aromatic heterocycles. The second-order valence-corrected chi connectivity index (χ2v) is 5.18. The van der Waals surface area contributed by atoms with Crippen LogP contribution in [0, 0.1) is 0 Å². The van der Waals surface area contributed by atoms with E-state index in [-0.39, 0.29) is 12.0 Å². The quantitative estimate of drug-likeness (QED) is 0.862. The molecule has 1 aromatic carbocycles. The van der Waals surface area contributed by atoms with Crippen LogP contribution in [0.1, 0.15) is 30.9 Å². The number of hydrogen-bond acceptors (Lipinski definition) is 3. The van der Waals surface area contributed by atoms with E-state index in [1.807, 2.05) is 0 Å². The van der Waals surface area contributed by atoms with Gasteiger partial charge in [-0.3, -0.25) is 4.79 Å².